The first-order valence-electron chi connectivity index (χ1n) is 5.92. The van der Waals surface area contributed by atoms with Gasteiger partial charge in [-0.1, -0.05) is 11.8 Å². The lowest BCUT2D eigenvalue weighted by Crippen LogP contribution is -2.07. The topological polar surface area (TPSA) is 72.3 Å². The lowest BCUT2D eigenvalue weighted by Gasteiger charge is -2.09. The molecule has 1 N–H and O–H groups in total. The number of hydrogen-bond acceptors (Lipinski definition) is 5. The highest BCUT2D eigenvalue weighted by atomic mass is 32.2. The first kappa shape index (κ1) is 14.3. The van der Waals surface area contributed by atoms with Crippen LogP contribution in [-0.2, 0) is 0 Å². The van der Waals surface area contributed by atoms with Crippen LogP contribution >= 0.6 is 11.8 Å². The van der Waals surface area contributed by atoms with Crippen LogP contribution in [-0.4, -0.2) is 28.4 Å². The quantitative estimate of drug-likeness (QED) is 0.933. The Morgan fingerprint density at radius 1 is 1.20 bits per heavy atom. The van der Waals surface area contributed by atoms with Gasteiger partial charge in [0.15, 0.2) is 0 Å². The third-order valence-electron chi connectivity index (χ3n) is 2.91. The van der Waals surface area contributed by atoms with Gasteiger partial charge in [-0.3, -0.25) is 0 Å². The molecule has 0 bridgehead atoms. The molecule has 6 heteroatoms. The van der Waals surface area contributed by atoms with E-state index >= 15 is 0 Å². The van der Waals surface area contributed by atoms with E-state index in [0.29, 0.717) is 16.3 Å². The average Bonchev–Trinajstić information content (AvgIpc) is 2.43. The number of aromatic carboxylic acids is 1. The second-order valence-corrected chi connectivity index (χ2v) is 5.24. The molecule has 0 spiro atoms. The molecular weight excluding hydrogens is 276 g/mol. The van der Waals surface area contributed by atoms with Crippen molar-refractivity contribution in [1.29, 1.82) is 0 Å². The second-order valence-electron chi connectivity index (χ2n) is 4.17. The van der Waals surface area contributed by atoms with Gasteiger partial charge in [-0.15, -0.1) is 5.10 Å². The van der Waals surface area contributed by atoms with Gasteiger partial charge in [0, 0.05) is 4.90 Å². The maximum atomic E-state index is 11.4. The van der Waals surface area contributed by atoms with E-state index in [-0.39, 0.29) is 5.56 Å². The molecule has 1 aromatic carbocycles. The number of hydrogen-bond donors (Lipinski definition) is 1. The van der Waals surface area contributed by atoms with Crippen molar-refractivity contribution < 1.29 is 14.6 Å². The highest BCUT2D eigenvalue weighted by Gasteiger charge is 2.18. The molecule has 0 aliphatic heterocycles. The Bertz CT molecular complexity index is 642. The third-order valence-corrected chi connectivity index (χ3v) is 3.90. The fourth-order valence-corrected chi connectivity index (χ4v) is 2.58. The van der Waals surface area contributed by atoms with Crippen LogP contribution in [0.15, 0.2) is 34.2 Å². The van der Waals surface area contributed by atoms with Crippen LogP contribution in [0.3, 0.4) is 0 Å². The molecule has 1 heterocycles. The average molecular weight is 290 g/mol. The van der Waals surface area contributed by atoms with E-state index in [2.05, 4.69) is 10.2 Å². The predicted octanol–water partition coefficient (Wildman–Crippen LogP) is 2.95. The van der Waals surface area contributed by atoms with E-state index in [9.17, 15) is 9.90 Å². The van der Waals surface area contributed by atoms with Crippen LogP contribution in [0.2, 0.25) is 0 Å². The van der Waals surface area contributed by atoms with Gasteiger partial charge >= 0.3 is 5.97 Å². The Balaban J connectivity index is 2.37. The van der Waals surface area contributed by atoms with E-state index in [1.54, 1.807) is 21.0 Å². The molecule has 0 aliphatic carbocycles. The summed E-state index contributed by atoms with van der Waals surface area (Å²) in [7, 11) is 1.60. The highest BCUT2D eigenvalue weighted by molar-refractivity contribution is 7.99. The molecule has 0 radical (unpaired) electrons. The van der Waals surface area contributed by atoms with Crippen molar-refractivity contribution in [2.24, 2.45) is 0 Å². The lowest BCUT2D eigenvalue weighted by molar-refractivity contribution is 0.0690. The minimum absolute atomic E-state index is 0.207. The zero-order valence-electron chi connectivity index (χ0n) is 11.4. The summed E-state index contributed by atoms with van der Waals surface area (Å²) in [6.45, 7) is 3.49. The zero-order chi connectivity index (χ0) is 14.7. The number of carboxylic acid groups (broad SMARTS) is 1. The molecule has 0 atom stereocenters. The minimum atomic E-state index is -0.989. The second kappa shape index (κ2) is 5.92. The van der Waals surface area contributed by atoms with Gasteiger partial charge in [-0.05, 0) is 43.7 Å². The number of aryl methyl sites for hydroxylation is 1. The number of ether oxygens (including phenoxy) is 1. The van der Waals surface area contributed by atoms with Gasteiger partial charge in [-0.25, -0.2) is 4.79 Å². The molecule has 0 unspecified atom stereocenters. The number of carboxylic acids is 1. The van der Waals surface area contributed by atoms with E-state index in [4.69, 9.17) is 4.74 Å². The maximum Gasteiger partial charge on any atom is 0.338 e. The summed E-state index contributed by atoms with van der Waals surface area (Å²) in [5, 5.41) is 17.7. The van der Waals surface area contributed by atoms with E-state index < -0.39 is 5.97 Å². The normalized spacial score (nSPS) is 10.3. The molecule has 0 amide bonds. The Kier molecular flexibility index (Phi) is 4.24. The number of carbonyl (C=O) groups is 1. The molecule has 2 rings (SSSR count). The summed E-state index contributed by atoms with van der Waals surface area (Å²) in [6.07, 6.45) is 0. The summed E-state index contributed by atoms with van der Waals surface area (Å²) in [5.41, 5.74) is 1.48. The zero-order valence-corrected chi connectivity index (χ0v) is 12.2. The van der Waals surface area contributed by atoms with Crippen molar-refractivity contribution in [3.05, 3.63) is 41.1 Å². The lowest BCUT2D eigenvalue weighted by atomic mass is 10.1. The van der Waals surface area contributed by atoms with Crippen LogP contribution in [0.5, 0.6) is 5.75 Å². The summed E-state index contributed by atoms with van der Waals surface area (Å²) >= 11 is 1.27. The third kappa shape index (κ3) is 2.91. The van der Waals surface area contributed by atoms with Crippen LogP contribution < -0.4 is 4.74 Å². The van der Waals surface area contributed by atoms with Crippen LogP contribution in [0.4, 0.5) is 0 Å². The maximum absolute atomic E-state index is 11.4. The Morgan fingerprint density at radius 3 is 2.40 bits per heavy atom. The van der Waals surface area contributed by atoms with Gasteiger partial charge in [0.2, 0.25) is 0 Å². The molecule has 1 aromatic heterocycles. The number of aromatic nitrogens is 2. The molecule has 20 heavy (non-hydrogen) atoms. The van der Waals surface area contributed by atoms with Gasteiger partial charge in [-0.2, -0.15) is 5.10 Å². The van der Waals surface area contributed by atoms with E-state index in [1.165, 1.54) is 11.8 Å². The van der Waals surface area contributed by atoms with Gasteiger partial charge < -0.3 is 9.84 Å². The van der Waals surface area contributed by atoms with E-state index in [1.807, 2.05) is 24.3 Å². The smallest absolute Gasteiger partial charge is 0.338 e. The largest absolute Gasteiger partial charge is 0.497 e. The molecule has 0 fully saturated rings. The molecule has 0 saturated carbocycles. The van der Waals surface area contributed by atoms with Crippen molar-refractivity contribution in [2.45, 2.75) is 23.8 Å². The fourth-order valence-electron chi connectivity index (χ4n) is 1.67. The first-order valence-corrected chi connectivity index (χ1v) is 6.73. The molecule has 104 valence electrons. The molecule has 5 nitrogen and oxygen atoms in total. The summed E-state index contributed by atoms with van der Waals surface area (Å²) < 4.78 is 5.08. The number of rotatable bonds is 4. The molecule has 2 aromatic rings. The minimum Gasteiger partial charge on any atom is -0.497 e. The monoisotopic (exact) mass is 290 g/mol. The van der Waals surface area contributed by atoms with Crippen molar-refractivity contribution in [3.63, 3.8) is 0 Å². The highest BCUT2D eigenvalue weighted by Crippen LogP contribution is 2.31. The molecule has 0 saturated heterocycles. The molecular formula is C14H14N2O3S. The standard InChI is InChI=1S/C14H14N2O3S/c1-8-9(2)15-16-13(12(8)14(17)18)20-11-6-4-10(19-3)5-7-11/h4-7H,1-3H3,(H,17,18). The van der Waals surface area contributed by atoms with Gasteiger partial charge in [0.1, 0.15) is 10.8 Å². The first-order chi connectivity index (χ1) is 9.52. The summed E-state index contributed by atoms with van der Waals surface area (Å²) in [5.74, 6) is -0.240. The SMILES string of the molecule is COc1ccc(Sc2nnc(C)c(C)c2C(=O)O)cc1. The van der Waals surface area contributed by atoms with Crippen LogP contribution in [0.25, 0.3) is 0 Å². The fraction of sp³-hybridized carbons (Fsp3) is 0.214. The Hall–Kier alpha value is -2.08. The summed E-state index contributed by atoms with van der Waals surface area (Å²) in [6, 6.07) is 7.34. The van der Waals surface area contributed by atoms with Crippen molar-refractivity contribution >= 4 is 17.7 Å². The van der Waals surface area contributed by atoms with Gasteiger partial charge in [0.05, 0.1) is 18.4 Å². The Morgan fingerprint density at radius 2 is 1.85 bits per heavy atom. The summed E-state index contributed by atoms with van der Waals surface area (Å²) in [4.78, 5) is 12.3. The number of benzene rings is 1. The van der Waals surface area contributed by atoms with Crippen molar-refractivity contribution in [3.8, 4) is 5.75 Å². The molecule has 0 aliphatic rings. The van der Waals surface area contributed by atoms with Crippen LogP contribution in [0, 0.1) is 13.8 Å². The van der Waals surface area contributed by atoms with Crippen LogP contribution in [0.1, 0.15) is 21.6 Å². The Labute approximate surface area is 121 Å². The number of nitrogens with zero attached hydrogens (tertiary/aromatic N) is 2. The number of methoxy groups -OCH3 is 1. The van der Waals surface area contributed by atoms with Crippen molar-refractivity contribution in [2.75, 3.05) is 7.11 Å². The predicted molar refractivity (Wildman–Crippen MR) is 75.6 cm³/mol. The van der Waals surface area contributed by atoms with E-state index in [0.717, 1.165) is 10.6 Å². The van der Waals surface area contributed by atoms with Crippen molar-refractivity contribution in [1.82, 2.24) is 10.2 Å². The van der Waals surface area contributed by atoms with Gasteiger partial charge in [0.25, 0.3) is 0 Å².